The Labute approximate surface area is 120 Å². The van der Waals surface area contributed by atoms with Crippen LogP contribution in [0.25, 0.3) is 10.2 Å². The summed E-state index contributed by atoms with van der Waals surface area (Å²) in [6.07, 6.45) is 0.982. The van der Waals surface area contributed by atoms with Gasteiger partial charge in [0.2, 0.25) is 5.91 Å². The maximum Gasteiger partial charge on any atom is 0.219 e. The van der Waals surface area contributed by atoms with Crippen LogP contribution in [0.5, 0.6) is 0 Å². The first-order chi connectivity index (χ1) is 9.65. The van der Waals surface area contributed by atoms with Crippen LogP contribution in [0, 0.1) is 0 Å². The van der Waals surface area contributed by atoms with Gasteiger partial charge in [-0.05, 0) is 11.4 Å². The van der Waals surface area contributed by atoms with E-state index in [1.54, 1.807) is 22.6 Å². The molecule has 1 aliphatic rings. The summed E-state index contributed by atoms with van der Waals surface area (Å²) in [6, 6.07) is 1.96. The van der Waals surface area contributed by atoms with Gasteiger partial charge in [-0.2, -0.15) is 0 Å². The normalized spacial score (nSPS) is 20.2. The van der Waals surface area contributed by atoms with Gasteiger partial charge in [0.05, 0.1) is 16.3 Å². The molecule has 6 nitrogen and oxygen atoms in total. The molecule has 0 bridgehead atoms. The lowest BCUT2D eigenvalue weighted by Crippen LogP contribution is -2.36. The average molecular weight is 292 g/mol. The number of amides is 1. The van der Waals surface area contributed by atoms with Crippen molar-refractivity contribution in [2.45, 2.75) is 13.0 Å². The Hall–Kier alpha value is -1.73. The molecule has 0 spiro atoms. The van der Waals surface area contributed by atoms with Crippen molar-refractivity contribution < 1.29 is 9.90 Å². The first-order valence-electron chi connectivity index (χ1n) is 6.52. The number of hydrogen-bond acceptors (Lipinski definition) is 6. The van der Waals surface area contributed by atoms with E-state index in [0.29, 0.717) is 26.2 Å². The molecule has 20 heavy (non-hydrogen) atoms. The highest BCUT2D eigenvalue weighted by atomic mass is 32.1. The van der Waals surface area contributed by atoms with E-state index in [1.165, 1.54) is 6.92 Å². The topological polar surface area (TPSA) is 69.6 Å². The van der Waals surface area contributed by atoms with E-state index in [4.69, 9.17) is 0 Å². The summed E-state index contributed by atoms with van der Waals surface area (Å²) >= 11 is 1.59. The third-order valence-electron chi connectivity index (χ3n) is 3.47. The number of rotatable bonds is 1. The van der Waals surface area contributed by atoms with Gasteiger partial charge < -0.3 is 14.9 Å². The second-order valence-electron chi connectivity index (χ2n) is 4.90. The number of thiophene rings is 1. The number of anilines is 1. The molecule has 1 aliphatic heterocycles. The lowest BCUT2D eigenvalue weighted by molar-refractivity contribution is -0.129. The minimum absolute atomic E-state index is 0.00476. The number of aliphatic hydroxyl groups excluding tert-OH is 1. The van der Waals surface area contributed by atoms with Crippen LogP contribution in [-0.4, -0.2) is 58.2 Å². The first-order valence-corrected chi connectivity index (χ1v) is 7.40. The van der Waals surface area contributed by atoms with Gasteiger partial charge >= 0.3 is 0 Å². The fourth-order valence-corrected chi connectivity index (χ4v) is 3.33. The van der Waals surface area contributed by atoms with Gasteiger partial charge in [-0.1, -0.05) is 0 Å². The van der Waals surface area contributed by atoms with Gasteiger partial charge in [-0.25, -0.2) is 9.97 Å². The summed E-state index contributed by atoms with van der Waals surface area (Å²) < 4.78 is 1.02. The van der Waals surface area contributed by atoms with Crippen molar-refractivity contribution in [1.29, 1.82) is 0 Å². The van der Waals surface area contributed by atoms with Crippen molar-refractivity contribution in [2.24, 2.45) is 0 Å². The Morgan fingerprint density at radius 1 is 1.40 bits per heavy atom. The molecule has 0 radical (unpaired) electrons. The predicted molar refractivity (Wildman–Crippen MR) is 77.9 cm³/mol. The Bertz CT molecular complexity index is 630. The fourth-order valence-electron chi connectivity index (χ4n) is 2.47. The first kappa shape index (κ1) is 13.3. The number of carbonyl (C=O) groups excluding carboxylic acids is 1. The van der Waals surface area contributed by atoms with Crippen LogP contribution >= 0.6 is 11.3 Å². The monoisotopic (exact) mass is 292 g/mol. The number of fused-ring (bicyclic) bond motifs is 1. The molecular formula is C13H16N4O2S. The minimum Gasteiger partial charge on any atom is -0.389 e. The molecule has 1 amide bonds. The third-order valence-corrected chi connectivity index (χ3v) is 4.37. The number of carbonyl (C=O) groups is 1. The summed E-state index contributed by atoms with van der Waals surface area (Å²) in [5.74, 6) is 0.837. The highest BCUT2D eigenvalue weighted by molar-refractivity contribution is 7.17. The summed E-state index contributed by atoms with van der Waals surface area (Å²) in [6.45, 7) is 3.66. The number of aromatic nitrogens is 2. The van der Waals surface area contributed by atoms with E-state index < -0.39 is 6.10 Å². The van der Waals surface area contributed by atoms with E-state index in [-0.39, 0.29) is 5.91 Å². The molecule has 1 N–H and O–H groups in total. The molecule has 2 aromatic heterocycles. The third kappa shape index (κ3) is 2.46. The zero-order valence-corrected chi connectivity index (χ0v) is 12.0. The summed E-state index contributed by atoms with van der Waals surface area (Å²) in [5.41, 5.74) is 0.919. The Morgan fingerprint density at radius 2 is 2.25 bits per heavy atom. The van der Waals surface area contributed by atoms with E-state index in [0.717, 1.165) is 16.0 Å². The Morgan fingerprint density at radius 3 is 3.05 bits per heavy atom. The number of β-amino-alcohol motifs (C(OH)–C–C–N with tert-alkyl or cyclic N) is 1. The van der Waals surface area contributed by atoms with Crippen LogP contribution < -0.4 is 4.90 Å². The van der Waals surface area contributed by atoms with Gasteiger partial charge in [-0.15, -0.1) is 11.3 Å². The number of nitrogens with zero attached hydrogens (tertiary/aromatic N) is 4. The zero-order chi connectivity index (χ0) is 14.1. The van der Waals surface area contributed by atoms with E-state index in [9.17, 15) is 9.90 Å². The molecule has 1 atom stereocenters. The van der Waals surface area contributed by atoms with Crippen molar-refractivity contribution in [1.82, 2.24) is 14.9 Å². The molecule has 106 valence electrons. The molecule has 7 heteroatoms. The van der Waals surface area contributed by atoms with Crippen LogP contribution in [0.4, 0.5) is 5.82 Å². The SMILES string of the molecule is CC(=O)N1CCN(c2ncnc3ccsc23)C[C@@H](O)C1. The van der Waals surface area contributed by atoms with Gasteiger partial charge in [0.1, 0.15) is 12.1 Å². The van der Waals surface area contributed by atoms with E-state index >= 15 is 0 Å². The molecule has 3 rings (SSSR count). The van der Waals surface area contributed by atoms with Crippen LogP contribution in [-0.2, 0) is 4.79 Å². The Kier molecular flexibility index (Phi) is 3.54. The second-order valence-corrected chi connectivity index (χ2v) is 5.81. The minimum atomic E-state index is -0.564. The van der Waals surface area contributed by atoms with Crippen molar-refractivity contribution >= 4 is 33.3 Å². The van der Waals surface area contributed by atoms with Crippen LogP contribution in [0.15, 0.2) is 17.8 Å². The van der Waals surface area contributed by atoms with Gasteiger partial charge in [0.25, 0.3) is 0 Å². The molecule has 0 unspecified atom stereocenters. The molecule has 0 aliphatic carbocycles. The van der Waals surface area contributed by atoms with Crippen LogP contribution in [0.3, 0.4) is 0 Å². The summed E-state index contributed by atoms with van der Waals surface area (Å²) in [4.78, 5) is 23.8. The average Bonchev–Trinajstić information content (AvgIpc) is 2.81. The number of aliphatic hydroxyl groups is 1. The summed E-state index contributed by atoms with van der Waals surface area (Å²) in [5, 5.41) is 12.1. The highest BCUT2D eigenvalue weighted by Crippen LogP contribution is 2.28. The predicted octanol–water partition coefficient (Wildman–Crippen LogP) is 0.721. The molecule has 0 aromatic carbocycles. The lowest BCUT2D eigenvalue weighted by Gasteiger charge is -2.22. The van der Waals surface area contributed by atoms with Crippen molar-refractivity contribution in [3.63, 3.8) is 0 Å². The Balaban J connectivity index is 1.90. The molecule has 1 fully saturated rings. The van der Waals surface area contributed by atoms with Crippen LogP contribution in [0.1, 0.15) is 6.92 Å². The zero-order valence-electron chi connectivity index (χ0n) is 11.2. The maximum absolute atomic E-state index is 11.5. The van der Waals surface area contributed by atoms with Crippen molar-refractivity contribution in [3.05, 3.63) is 17.8 Å². The maximum atomic E-state index is 11.5. The van der Waals surface area contributed by atoms with E-state index in [2.05, 4.69) is 9.97 Å². The molecular weight excluding hydrogens is 276 g/mol. The molecule has 2 aromatic rings. The van der Waals surface area contributed by atoms with Gasteiger partial charge in [0.15, 0.2) is 0 Å². The van der Waals surface area contributed by atoms with Crippen molar-refractivity contribution in [2.75, 3.05) is 31.1 Å². The second kappa shape index (κ2) is 5.34. The summed E-state index contributed by atoms with van der Waals surface area (Å²) in [7, 11) is 0. The quantitative estimate of drug-likeness (QED) is 0.839. The molecule has 0 saturated carbocycles. The van der Waals surface area contributed by atoms with Gasteiger partial charge in [-0.3, -0.25) is 4.79 Å². The molecule has 3 heterocycles. The fraction of sp³-hybridized carbons (Fsp3) is 0.462. The molecule has 1 saturated heterocycles. The van der Waals surface area contributed by atoms with Gasteiger partial charge in [0, 0.05) is 33.1 Å². The largest absolute Gasteiger partial charge is 0.389 e. The smallest absolute Gasteiger partial charge is 0.219 e. The lowest BCUT2D eigenvalue weighted by atomic mass is 10.3. The van der Waals surface area contributed by atoms with Crippen molar-refractivity contribution in [3.8, 4) is 0 Å². The standard InChI is InChI=1S/C13H16N4O2S/c1-9(18)16-3-4-17(7-10(19)6-16)13-12-11(2-5-20-12)14-8-15-13/h2,5,8,10,19H,3-4,6-7H2,1H3/t10-/m0/s1. The highest BCUT2D eigenvalue weighted by Gasteiger charge is 2.24. The van der Waals surface area contributed by atoms with Crippen LogP contribution in [0.2, 0.25) is 0 Å². The number of hydrogen-bond donors (Lipinski definition) is 1. The van der Waals surface area contributed by atoms with E-state index in [1.807, 2.05) is 16.3 Å².